The minimum atomic E-state index is -1.59. The lowest BCUT2D eigenvalue weighted by Crippen LogP contribution is -2.41. The molecule has 0 unspecified atom stereocenters. The van der Waals surface area contributed by atoms with Gasteiger partial charge >= 0.3 is 12.1 Å². The lowest BCUT2D eigenvalue weighted by atomic mass is 10.1. The van der Waals surface area contributed by atoms with Gasteiger partial charge in [0.05, 0.1) is 79.3 Å². The van der Waals surface area contributed by atoms with Gasteiger partial charge in [0.15, 0.2) is 0 Å². The summed E-state index contributed by atoms with van der Waals surface area (Å²) in [5, 5.41) is 11.3. The van der Waals surface area contributed by atoms with Crippen LogP contribution in [-0.4, -0.2) is 115 Å². The molecule has 0 aromatic carbocycles. The Bertz CT molecular complexity index is 488. The molecule has 12 nitrogen and oxygen atoms in total. The molecule has 0 aliphatic carbocycles. The van der Waals surface area contributed by atoms with E-state index in [4.69, 9.17) is 38.3 Å². The van der Waals surface area contributed by atoms with Crippen LogP contribution < -0.4 is 5.32 Å². The van der Waals surface area contributed by atoms with Crippen LogP contribution in [0.25, 0.3) is 0 Å². The zero-order valence-electron chi connectivity index (χ0n) is 19.0. The molecular weight excluding hydrogens is 430 g/mol. The Morgan fingerprint density at radius 3 is 1.47 bits per heavy atom. The molecule has 0 saturated carbocycles. The van der Waals surface area contributed by atoms with Gasteiger partial charge in [-0.3, -0.25) is 0 Å². The highest BCUT2D eigenvalue weighted by Gasteiger charge is 2.31. The van der Waals surface area contributed by atoms with Crippen molar-refractivity contribution in [2.75, 3.05) is 85.8 Å². The summed E-state index contributed by atoms with van der Waals surface area (Å²) in [6, 6.07) is 0. The fourth-order valence-electron chi connectivity index (χ4n) is 1.87. The molecule has 1 amide bonds. The number of ether oxygens (including phenoxy) is 7. The molecule has 0 bridgehead atoms. The maximum atomic E-state index is 11.4. The molecule has 0 rings (SSSR count). The Morgan fingerprint density at radius 1 is 0.719 bits per heavy atom. The number of carbonyl (C=O) groups is 3. The second-order valence-corrected chi connectivity index (χ2v) is 6.76. The predicted molar refractivity (Wildman–Crippen MR) is 112 cm³/mol. The summed E-state index contributed by atoms with van der Waals surface area (Å²) < 4.78 is 36.6. The van der Waals surface area contributed by atoms with Gasteiger partial charge in [-0.15, -0.1) is 0 Å². The van der Waals surface area contributed by atoms with E-state index in [2.05, 4.69) is 5.32 Å². The molecular formula is C20H37NO11. The highest BCUT2D eigenvalue weighted by molar-refractivity contribution is 5.80. The smallest absolute Gasteiger partial charge is 0.408 e. The first-order valence-corrected chi connectivity index (χ1v) is 10.5. The molecule has 0 aliphatic rings. The first kappa shape index (κ1) is 30.2. The van der Waals surface area contributed by atoms with E-state index in [1.807, 2.05) is 0 Å². The average molecular weight is 468 g/mol. The van der Waals surface area contributed by atoms with Crippen molar-refractivity contribution >= 4 is 18.3 Å². The molecule has 12 heteroatoms. The van der Waals surface area contributed by atoms with Crippen molar-refractivity contribution in [1.82, 2.24) is 5.32 Å². The van der Waals surface area contributed by atoms with E-state index in [9.17, 15) is 14.4 Å². The van der Waals surface area contributed by atoms with Crippen LogP contribution >= 0.6 is 0 Å². The normalized spacial score (nSPS) is 11.3. The van der Waals surface area contributed by atoms with E-state index in [1.165, 1.54) is 13.8 Å². The molecule has 0 spiro atoms. The minimum absolute atomic E-state index is 0.192. The molecule has 0 aromatic heterocycles. The quantitative estimate of drug-likeness (QED) is 0.157. The van der Waals surface area contributed by atoms with Gasteiger partial charge in [0.1, 0.15) is 6.29 Å². The number of hydrogen-bond donors (Lipinski definition) is 2. The SMILES string of the molecule is CC(C)(OC(=O)NCCOCCOCCOCCOCCOCCOCCC=O)C(=O)O. The maximum absolute atomic E-state index is 11.4. The Hall–Kier alpha value is -1.83. The van der Waals surface area contributed by atoms with Crippen molar-refractivity contribution in [3.63, 3.8) is 0 Å². The third-order valence-electron chi connectivity index (χ3n) is 3.62. The van der Waals surface area contributed by atoms with Crippen molar-refractivity contribution in [2.45, 2.75) is 25.9 Å². The van der Waals surface area contributed by atoms with Gasteiger partial charge in [0, 0.05) is 13.0 Å². The lowest BCUT2D eigenvalue weighted by Gasteiger charge is -2.20. The number of hydrogen-bond acceptors (Lipinski definition) is 10. The molecule has 0 aromatic rings. The second kappa shape index (κ2) is 21.0. The average Bonchev–Trinajstić information content (AvgIpc) is 2.74. The Balaban J connectivity index is 3.22. The van der Waals surface area contributed by atoms with E-state index < -0.39 is 17.7 Å². The number of aldehydes is 1. The fourth-order valence-corrected chi connectivity index (χ4v) is 1.87. The highest BCUT2D eigenvalue weighted by Crippen LogP contribution is 2.08. The lowest BCUT2D eigenvalue weighted by molar-refractivity contribution is -0.154. The summed E-state index contributed by atoms with van der Waals surface area (Å²) >= 11 is 0. The van der Waals surface area contributed by atoms with Crippen molar-refractivity contribution in [1.29, 1.82) is 0 Å². The van der Waals surface area contributed by atoms with E-state index in [0.717, 1.165) is 6.29 Å². The van der Waals surface area contributed by atoms with Crippen LogP contribution in [-0.2, 0) is 42.7 Å². The number of carboxylic acid groups (broad SMARTS) is 1. The van der Waals surface area contributed by atoms with Gasteiger partial charge in [-0.2, -0.15) is 0 Å². The molecule has 188 valence electrons. The second-order valence-electron chi connectivity index (χ2n) is 6.76. The maximum Gasteiger partial charge on any atom is 0.408 e. The summed E-state index contributed by atoms with van der Waals surface area (Å²) in [5.41, 5.74) is -1.59. The molecule has 32 heavy (non-hydrogen) atoms. The number of alkyl carbamates (subject to hydrolysis) is 1. The van der Waals surface area contributed by atoms with E-state index >= 15 is 0 Å². The molecule has 0 atom stereocenters. The van der Waals surface area contributed by atoms with Crippen molar-refractivity contribution < 1.29 is 52.6 Å². The van der Waals surface area contributed by atoms with Crippen molar-refractivity contribution in [2.24, 2.45) is 0 Å². The number of rotatable bonds is 23. The monoisotopic (exact) mass is 467 g/mol. The summed E-state index contributed by atoms with van der Waals surface area (Å²) in [5.74, 6) is -1.23. The third kappa shape index (κ3) is 20.1. The van der Waals surface area contributed by atoms with E-state index in [1.54, 1.807) is 0 Å². The van der Waals surface area contributed by atoms with E-state index in [-0.39, 0.29) is 13.2 Å². The van der Waals surface area contributed by atoms with Gasteiger partial charge in [0.2, 0.25) is 5.60 Å². The molecule has 0 aliphatic heterocycles. The molecule has 2 N–H and O–H groups in total. The Kier molecular flexibility index (Phi) is 19.8. The number of nitrogens with one attached hydrogen (secondary N) is 1. The van der Waals surface area contributed by atoms with Crippen LogP contribution in [0.15, 0.2) is 0 Å². The summed E-state index contributed by atoms with van der Waals surface area (Å²) in [6.45, 7) is 7.80. The molecule has 0 fully saturated rings. The van der Waals surface area contributed by atoms with Gasteiger partial charge in [-0.1, -0.05) is 0 Å². The number of amides is 1. The van der Waals surface area contributed by atoms with Crippen molar-refractivity contribution in [3.05, 3.63) is 0 Å². The minimum Gasteiger partial charge on any atom is -0.478 e. The first-order valence-electron chi connectivity index (χ1n) is 10.5. The van der Waals surface area contributed by atoms with Crippen LogP contribution in [0.4, 0.5) is 4.79 Å². The van der Waals surface area contributed by atoms with Gasteiger partial charge in [-0.25, -0.2) is 9.59 Å². The number of carbonyl (C=O) groups excluding carboxylic acids is 2. The van der Waals surface area contributed by atoms with Crippen LogP contribution in [0.2, 0.25) is 0 Å². The summed E-state index contributed by atoms with van der Waals surface area (Å²) in [7, 11) is 0. The van der Waals surface area contributed by atoms with Gasteiger partial charge in [-0.05, 0) is 13.8 Å². The van der Waals surface area contributed by atoms with Crippen LogP contribution in [0.5, 0.6) is 0 Å². The predicted octanol–water partition coefficient (Wildman–Crippen LogP) is 0.264. The topological polar surface area (TPSA) is 148 Å². The largest absolute Gasteiger partial charge is 0.478 e. The Labute approximate surface area is 188 Å². The van der Waals surface area contributed by atoms with Crippen molar-refractivity contribution in [3.8, 4) is 0 Å². The molecule has 0 heterocycles. The molecule has 0 radical (unpaired) electrons. The standard InChI is InChI=1S/C20H37NO11/c1-20(2,18(23)24)32-19(25)21-4-7-27-9-11-29-13-15-31-17-16-30-14-12-28-10-8-26-6-3-5-22/h5H,3-4,6-17H2,1-2H3,(H,21,25)(H,23,24). The number of aliphatic carboxylic acids is 1. The third-order valence-corrected chi connectivity index (χ3v) is 3.62. The zero-order chi connectivity index (χ0) is 23.9. The summed E-state index contributed by atoms with van der Waals surface area (Å²) in [6.07, 6.45) is 0.399. The van der Waals surface area contributed by atoms with Gasteiger partial charge < -0.3 is 48.4 Å². The first-order chi connectivity index (χ1) is 15.4. The summed E-state index contributed by atoms with van der Waals surface area (Å²) in [4.78, 5) is 32.4. The highest BCUT2D eigenvalue weighted by atomic mass is 16.6. The van der Waals surface area contributed by atoms with Crippen LogP contribution in [0.1, 0.15) is 20.3 Å². The van der Waals surface area contributed by atoms with Crippen LogP contribution in [0.3, 0.4) is 0 Å². The molecule has 0 saturated heterocycles. The Morgan fingerprint density at radius 2 is 1.09 bits per heavy atom. The zero-order valence-corrected chi connectivity index (χ0v) is 19.0. The van der Waals surface area contributed by atoms with Gasteiger partial charge in [0.25, 0.3) is 0 Å². The fraction of sp³-hybridized carbons (Fsp3) is 0.850. The number of carboxylic acids is 1. The van der Waals surface area contributed by atoms with Crippen LogP contribution in [0, 0.1) is 0 Å². The van der Waals surface area contributed by atoms with E-state index in [0.29, 0.717) is 79.1 Å².